The second-order valence-electron chi connectivity index (χ2n) is 4.22. The summed E-state index contributed by atoms with van der Waals surface area (Å²) in [6.45, 7) is 1.96. The molecule has 1 heterocycles. The molecule has 20 heavy (non-hydrogen) atoms. The minimum atomic E-state index is -0.517. The van der Waals surface area contributed by atoms with Crippen molar-refractivity contribution in [1.82, 2.24) is 10.3 Å². The van der Waals surface area contributed by atoms with Gasteiger partial charge in [0.2, 0.25) is 0 Å². The normalized spacial score (nSPS) is 12.1. The molecule has 6 nitrogen and oxygen atoms in total. The zero-order valence-electron chi connectivity index (χ0n) is 11.0. The summed E-state index contributed by atoms with van der Waals surface area (Å²) in [6, 6.07) is 4.31. The van der Waals surface area contributed by atoms with Crippen molar-refractivity contribution in [3.8, 4) is 11.5 Å². The number of hydrogen-bond donors (Lipinski definition) is 4. The van der Waals surface area contributed by atoms with Crippen LogP contribution in [0.4, 0.5) is 5.13 Å². The molecular weight excluding hydrogens is 278 g/mol. The minimum absolute atomic E-state index is 0.00316. The van der Waals surface area contributed by atoms with Crippen molar-refractivity contribution in [3.63, 3.8) is 0 Å². The number of anilines is 1. The number of thiazole rings is 1. The maximum Gasteiger partial charge on any atom is 0.261 e. The highest BCUT2D eigenvalue weighted by molar-refractivity contribution is 7.14. The number of hydrogen-bond acceptors (Lipinski definition) is 6. The molecule has 0 saturated carbocycles. The Morgan fingerprint density at radius 3 is 2.85 bits per heavy atom. The fourth-order valence-electron chi connectivity index (χ4n) is 1.57. The monoisotopic (exact) mass is 293 g/mol. The van der Waals surface area contributed by atoms with Crippen LogP contribution in [0.1, 0.15) is 29.0 Å². The maximum absolute atomic E-state index is 12.0. The summed E-state index contributed by atoms with van der Waals surface area (Å²) in [5.41, 5.74) is 0.830. The zero-order valence-corrected chi connectivity index (χ0v) is 11.9. The van der Waals surface area contributed by atoms with Gasteiger partial charge in [0, 0.05) is 11.4 Å². The van der Waals surface area contributed by atoms with Crippen molar-refractivity contribution in [2.45, 2.75) is 13.0 Å². The number of nitrogens with one attached hydrogen (secondary N) is 2. The van der Waals surface area contributed by atoms with Gasteiger partial charge in [-0.2, -0.15) is 0 Å². The van der Waals surface area contributed by atoms with Crippen LogP contribution in [0.25, 0.3) is 0 Å². The Morgan fingerprint density at radius 2 is 2.15 bits per heavy atom. The molecule has 4 N–H and O–H groups in total. The lowest BCUT2D eigenvalue weighted by atomic mass is 10.2. The van der Waals surface area contributed by atoms with Gasteiger partial charge in [0.05, 0.1) is 11.3 Å². The Morgan fingerprint density at radius 1 is 1.40 bits per heavy atom. The average molecular weight is 293 g/mol. The second-order valence-corrected chi connectivity index (χ2v) is 5.07. The molecule has 106 valence electrons. The number of carbonyl (C=O) groups is 1. The van der Waals surface area contributed by atoms with Gasteiger partial charge in [-0.05, 0) is 26.1 Å². The molecule has 2 rings (SSSR count). The summed E-state index contributed by atoms with van der Waals surface area (Å²) in [6.07, 6.45) is 0. The van der Waals surface area contributed by atoms with Crippen LogP contribution in [0, 0.1) is 0 Å². The topological polar surface area (TPSA) is 94.5 Å². The standard InChI is InChI=1S/C13H15N3O3S/c1-7(14-2)9-6-20-13(15-9)16-12(19)8-4-3-5-10(17)11(8)18/h3-7,14,17-18H,1-2H3,(H,15,16,19). The molecule has 0 saturated heterocycles. The van der Waals surface area contributed by atoms with E-state index in [9.17, 15) is 15.0 Å². The number of phenolic OH excluding ortho intramolecular Hbond substituents is 2. The van der Waals surface area contributed by atoms with E-state index in [-0.39, 0.29) is 17.4 Å². The number of aromatic nitrogens is 1. The van der Waals surface area contributed by atoms with E-state index in [2.05, 4.69) is 15.6 Å². The second kappa shape index (κ2) is 5.89. The molecule has 0 fully saturated rings. The van der Waals surface area contributed by atoms with E-state index >= 15 is 0 Å². The van der Waals surface area contributed by atoms with Gasteiger partial charge in [0.1, 0.15) is 0 Å². The first-order chi connectivity index (χ1) is 9.52. The number of rotatable bonds is 4. The van der Waals surface area contributed by atoms with Gasteiger partial charge in [0.25, 0.3) is 5.91 Å². The molecule has 0 aliphatic heterocycles. The summed E-state index contributed by atoms with van der Waals surface area (Å²) in [4.78, 5) is 16.3. The fraction of sp³-hybridized carbons (Fsp3) is 0.231. The van der Waals surface area contributed by atoms with Gasteiger partial charge in [-0.3, -0.25) is 10.1 Å². The molecular formula is C13H15N3O3S. The molecule has 2 aromatic rings. The third-order valence-corrected chi connectivity index (χ3v) is 3.65. The van der Waals surface area contributed by atoms with Crippen molar-refractivity contribution in [2.75, 3.05) is 12.4 Å². The Balaban J connectivity index is 2.15. The first-order valence-electron chi connectivity index (χ1n) is 5.98. The van der Waals surface area contributed by atoms with E-state index in [1.807, 2.05) is 19.4 Å². The van der Waals surface area contributed by atoms with Gasteiger partial charge >= 0.3 is 0 Å². The van der Waals surface area contributed by atoms with Gasteiger partial charge in [-0.15, -0.1) is 11.3 Å². The summed E-state index contributed by atoms with van der Waals surface area (Å²) in [5.74, 6) is -1.29. The number of nitrogens with zero attached hydrogens (tertiary/aromatic N) is 1. The first kappa shape index (κ1) is 14.3. The summed E-state index contributed by atoms with van der Waals surface area (Å²) in [7, 11) is 1.83. The van der Waals surface area contributed by atoms with E-state index in [1.165, 1.54) is 29.5 Å². The number of aromatic hydroxyl groups is 2. The van der Waals surface area contributed by atoms with Crippen LogP contribution >= 0.6 is 11.3 Å². The number of benzene rings is 1. The van der Waals surface area contributed by atoms with E-state index in [0.29, 0.717) is 5.13 Å². The Kier molecular flexibility index (Phi) is 4.21. The number of para-hydroxylation sites is 1. The molecule has 1 unspecified atom stereocenters. The van der Waals surface area contributed by atoms with Crippen molar-refractivity contribution < 1.29 is 15.0 Å². The maximum atomic E-state index is 12.0. The Bertz CT molecular complexity index is 627. The van der Waals surface area contributed by atoms with Crippen molar-refractivity contribution in [3.05, 3.63) is 34.8 Å². The highest BCUT2D eigenvalue weighted by atomic mass is 32.1. The van der Waals surface area contributed by atoms with E-state index in [4.69, 9.17) is 0 Å². The van der Waals surface area contributed by atoms with Gasteiger partial charge in [0.15, 0.2) is 16.6 Å². The fourth-order valence-corrected chi connectivity index (χ4v) is 2.37. The Hall–Kier alpha value is -2.12. The predicted octanol–water partition coefficient (Wildman–Crippen LogP) is 2.09. The first-order valence-corrected chi connectivity index (χ1v) is 6.86. The van der Waals surface area contributed by atoms with E-state index in [1.54, 1.807) is 0 Å². The van der Waals surface area contributed by atoms with Crippen molar-refractivity contribution in [2.24, 2.45) is 0 Å². The number of carbonyl (C=O) groups excluding carboxylic acids is 1. The molecule has 1 aromatic heterocycles. The molecule has 0 spiro atoms. The molecule has 1 aromatic carbocycles. The molecule has 7 heteroatoms. The van der Waals surface area contributed by atoms with Gasteiger partial charge < -0.3 is 15.5 Å². The van der Waals surface area contributed by atoms with Crippen LogP contribution in [0.3, 0.4) is 0 Å². The van der Waals surface area contributed by atoms with Crippen LogP contribution < -0.4 is 10.6 Å². The lowest BCUT2D eigenvalue weighted by Gasteiger charge is -2.06. The zero-order chi connectivity index (χ0) is 14.7. The van der Waals surface area contributed by atoms with Gasteiger partial charge in [-0.25, -0.2) is 4.98 Å². The van der Waals surface area contributed by atoms with E-state index < -0.39 is 11.7 Å². The summed E-state index contributed by atoms with van der Waals surface area (Å²) >= 11 is 1.30. The third kappa shape index (κ3) is 2.89. The molecule has 0 aliphatic rings. The molecule has 0 aliphatic carbocycles. The molecule has 0 bridgehead atoms. The number of amides is 1. The lowest BCUT2D eigenvalue weighted by molar-refractivity contribution is 0.102. The number of phenols is 2. The molecule has 1 atom stereocenters. The van der Waals surface area contributed by atoms with Crippen LogP contribution in [0.15, 0.2) is 23.6 Å². The summed E-state index contributed by atoms with van der Waals surface area (Å²) < 4.78 is 0. The molecule has 1 amide bonds. The smallest absolute Gasteiger partial charge is 0.261 e. The van der Waals surface area contributed by atoms with Crippen LogP contribution in [0.2, 0.25) is 0 Å². The van der Waals surface area contributed by atoms with E-state index in [0.717, 1.165) is 5.69 Å². The van der Waals surface area contributed by atoms with Crippen LogP contribution in [-0.2, 0) is 0 Å². The highest BCUT2D eigenvalue weighted by Crippen LogP contribution is 2.29. The predicted molar refractivity (Wildman–Crippen MR) is 77.3 cm³/mol. The quantitative estimate of drug-likeness (QED) is 0.648. The Labute approximate surface area is 120 Å². The van der Waals surface area contributed by atoms with Gasteiger partial charge in [-0.1, -0.05) is 6.07 Å². The van der Waals surface area contributed by atoms with Crippen molar-refractivity contribution in [1.29, 1.82) is 0 Å². The average Bonchev–Trinajstić information content (AvgIpc) is 2.89. The van der Waals surface area contributed by atoms with Crippen LogP contribution in [-0.4, -0.2) is 28.2 Å². The molecule has 0 radical (unpaired) electrons. The third-order valence-electron chi connectivity index (χ3n) is 2.88. The minimum Gasteiger partial charge on any atom is -0.504 e. The van der Waals surface area contributed by atoms with Crippen LogP contribution in [0.5, 0.6) is 11.5 Å². The largest absolute Gasteiger partial charge is 0.504 e. The highest BCUT2D eigenvalue weighted by Gasteiger charge is 2.16. The summed E-state index contributed by atoms with van der Waals surface area (Å²) in [5, 5.41) is 26.9. The lowest BCUT2D eigenvalue weighted by Crippen LogP contribution is -2.14. The SMILES string of the molecule is CNC(C)c1csc(NC(=O)c2cccc(O)c2O)n1. The van der Waals surface area contributed by atoms with Crippen molar-refractivity contribution >= 4 is 22.4 Å².